The molecule has 1 aromatic carbocycles. The SMILES string of the molecule is COc1ccc(C(N)=O)cc1N1C[C@H](C(N)=O)CC1=O. The standard InChI is InChI=1S/C13H15N3O4/c1-20-10-3-2-7(12(14)18)4-9(10)16-6-8(13(15)19)5-11(16)17/h2-4,8H,5-6H2,1H3,(H2,14,18)(H2,15,19)/t8-/m1/s1. The van der Waals surface area contributed by atoms with Crippen molar-refractivity contribution < 1.29 is 19.1 Å². The summed E-state index contributed by atoms with van der Waals surface area (Å²) >= 11 is 0. The maximum atomic E-state index is 12.0. The molecule has 0 aromatic heterocycles. The molecule has 1 aromatic rings. The molecule has 0 aliphatic carbocycles. The summed E-state index contributed by atoms with van der Waals surface area (Å²) in [5.74, 6) is -1.48. The van der Waals surface area contributed by atoms with Crippen LogP contribution in [-0.2, 0) is 9.59 Å². The monoisotopic (exact) mass is 277 g/mol. The van der Waals surface area contributed by atoms with Gasteiger partial charge in [-0.25, -0.2) is 0 Å². The zero-order chi connectivity index (χ0) is 14.9. The van der Waals surface area contributed by atoms with Crippen LogP contribution in [0.4, 0.5) is 5.69 Å². The van der Waals surface area contributed by atoms with Gasteiger partial charge in [0.25, 0.3) is 0 Å². The van der Waals surface area contributed by atoms with E-state index in [1.54, 1.807) is 6.07 Å². The zero-order valence-corrected chi connectivity index (χ0v) is 11.0. The summed E-state index contributed by atoms with van der Waals surface area (Å²) in [6.07, 6.45) is 0.0548. The van der Waals surface area contributed by atoms with E-state index in [-0.39, 0.29) is 24.4 Å². The molecule has 4 N–H and O–H groups in total. The van der Waals surface area contributed by atoms with Crippen LogP contribution in [0.25, 0.3) is 0 Å². The van der Waals surface area contributed by atoms with Crippen molar-refractivity contribution in [3.05, 3.63) is 23.8 Å². The first-order chi connectivity index (χ1) is 9.43. The summed E-state index contributed by atoms with van der Waals surface area (Å²) in [4.78, 5) is 35.8. The van der Waals surface area contributed by atoms with Crippen LogP contribution in [-0.4, -0.2) is 31.4 Å². The van der Waals surface area contributed by atoms with Crippen molar-refractivity contribution in [3.63, 3.8) is 0 Å². The van der Waals surface area contributed by atoms with Crippen LogP contribution in [0.2, 0.25) is 0 Å². The van der Waals surface area contributed by atoms with E-state index in [0.29, 0.717) is 11.4 Å². The molecule has 7 nitrogen and oxygen atoms in total. The van der Waals surface area contributed by atoms with Crippen molar-refractivity contribution in [3.8, 4) is 5.75 Å². The smallest absolute Gasteiger partial charge is 0.248 e. The summed E-state index contributed by atoms with van der Waals surface area (Å²) < 4.78 is 5.17. The van der Waals surface area contributed by atoms with Crippen molar-refractivity contribution in [2.24, 2.45) is 17.4 Å². The largest absolute Gasteiger partial charge is 0.495 e. The second kappa shape index (κ2) is 5.20. The third-order valence-electron chi connectivity index (χ3n) is 3.28. The Morgan fingerprint density at radius 2 is 2.05 bits per heavy atom. The van der Waals surface area contributed by atoms with Gasteiger partial charge in [0.1, 0.15) is 5.75 Å². The molecule has 1 aliphatic heterocycles. The number of nitrogens with two attached hydrogens (primary N) is 2. The average Bonchev–Trinajstić information content (AvgIpc) is 2.80. The molecule has 0 spiro atoms. The third-order valence-corrected chi connectivity index (χ3v) is 3.28. The van der Waals surface area contributed by atoms with Gasteiger partial charge in [0.2, 0.25) is 17.7 Å². The van der Waals surface area contributed by atoms with Crippen LogP contribution in [0, 0.1) is 5.92 Å². The maximum Gasteiger partial charge on any atom is 0.248 e. The molecule has 7 heteroatoms. The van der Waals surface area contributed by atoms with Crippen LogP contribution in [0.3, 0.4) is 0 Å². The molecule has 2 rings (SSSR count). The quantitative estimate of drug-likeness (QED) is 0.781. The number of carbonyl (C=O) groups excluding carboxylic acids is 3. The molecule has 1 aliphatic rings. The van der Waals surface area contributed by atoms with Gasteiger partial charge in [0, 0.05) is 18.5 Å². The van der Waals surface area contributed by atoms with Crippen molar-refractivity contribution in [2.75, 3.05) is 18.6 Å². The number of benzene rings is 1. The third kappa shape index (κ3) is 2.42. The van der Waals surface area contributed by atoms with Gasteiger partial charge in [0.15, 0.2) is 0 Å². The van der Waals surface area contributed by atoms with Gasteiger partial charge < -0.3 is 21.1 Å². The van der Waals surface area contributed by atoms with E-state index in [9.17, 15) is 14.4 Å². The number of carbonyl (C=O) groups is 3. The lowest BCUT2D eigenvalue weighted by atomic mass is 10.1. The minimum atomic E-state index is -0.605. The lowest BCUT2D eigenvalue weighted by molar-refractivity contribution is -0.123. The van der Waals surface area contributed by atoms with Crippen LogP contribution in [0.15, 0.2) is 18.2 Å². The Balaban J connectivity index is 2.40. The fourth-order valence-corrected chi connectivity index (χ4v) is 2.19. The molecular weight excluding hydrogens is 262 g/mol. The molecule has 1 atom stereocenters. The fraction of sp³-hybridized carbons (Fsp3) is 0.308. The molecule has 1 fully saturated rings. The number of rotatable bonds is 4. The maximum absolute atomic E-state index is 12.0. The Morgan fingerprint density at radius 3 is 2.55 bits per heavy atom. The van der Waals surface area contributed by atoms with Gasteiger partial charge >= 0.3 is 0 Å². The van der Waals surface area contributed by atoms with Gasteiger partial charge in [-0.1, -0.05) is 0 Å². The Labute approximate surface area is 115 Å². The Hall–Kier alpha value is -2.57. The predicted molar refractivity (Wildman–Crippen MR) is 71.2 cm³/mol. The molecular formula is C13H15N3O4. The second-order valence-electron chi connectivity index (χ2n) is 4.56. The molecule has 1 saturated heterocycles. The minimum Gasteiger partial charge on any atom is -0.495 e. The predicted octanol–water partition coefficient (Wildman–Crippen LogP) is -0.368. The Morgan fingerprint density at radius 1 is 1.35 bits per heavy atom. The number of amides is 3. The van der Waals surface area contributed by atoms with Crippen molar-refractivity contribution >= 4 is 23.4 Å². The number of hydrogen-bond donors (Lipinski definition) is 2. The molecule has 20 heavy (non-hydrogen) atoms. The number of nitrogens with zero attached hydrogens (tertiary/aromatic N) is 1. The summed E-state index contributed by atoms with van der Waals surface area (Å²) in [5, 5.41) is 0. The Kier molecular flexibility index (Phi) is 3.60. The number of anilines is 1. The highest BCUT2D eigenvalue weighted by Crippen LogP contribution is 2.33. The van der Waals surface area contributed by atoms with Gasteiger partial charge in [-0.3, -0.25) is 14.4 Å². The number of ether oxygens (including phenoxy) is 1. The van der Waals surface area contributed by atoms with E-state index in [4.69, 9.17) is 16.2 Å². The van der Waals surface area contributed by atoms with Crippen LogP contribution >= 0.6 is 0 Å². The van der Waals surface area contributed by atoms with Crippen LogP contribution < -0.4 is 21.1 Å². The van der Waals surface area contributed by atoms with Gasteiger partial charge in [-0.15, -0.1) is 0 Å². The van der Waals surface area contributed by atoms with Crippen molar-refractivity contribution in [1.29, 1.82) is 0 Å². The summed E-state index contributed by atoms with van der Waals surface area (Å²) in [5.41, 5.74) is 11.1. The first kappa shape index (κ1) is 13.9. The Bertz CT molecular complexity index is 585. The van der Waals surface area contributed by atoms with E-state index in [1.165, 1.54) is 24.1 Å². The van der Waals surface area contributed by atoms with E-state index < -0.39 is 17.7 Å². The van der Waals surface area contributed by atoms with E-state index in [2.05, 4.69) is 0 Å². The second-order valence-corrected chi connectivity index (χ2v) is 4.56. The highest BCUT2D eigenvalue weighted by molar-refractivity contribution is 6.02. The fourth-order valence-electron chi connectivity index (χ4n) is 2.19. The molecule has 3 amide bonds. The lowest BCUT2D eigenvalue weighted by Gasteiger charge is -2.19. The van der Waals surface area contributed by atoms with Gasteiger partial charge in [0.05, 0.1) is 18.7 Å². The summed E-state index contributed by atoms with van der Waals surface area (Å²) in [6, 6.07) is 4.54. The van der Waals surface area contributed by atoms with Crippen LogP contribution in [0.5, 0.6) is 5.75 Å². The van der Waals surface area contributed by atoms with E-state index in [1.807, 2.05) is 0 Å². The van der Waals surface area contributed by atoms with E-state index in [0.717, 1.165) is 0 Å². The number of methoxy groups -OCH3 is 1. The first-order valence-corrected chi connectivity index (χ1v) is 6.01. The molecule has 0 radical (unpaired) electrons. The minimum absolute atomic E-state index is 0.0548. The van der Waals surface area contributed by atoms with Crippen molar-refractivity contribution in [2.45, 2.75) is 6.42 Å². The first-order valence-electron chi connectivity index (χ1n) is 6.01. The highest BCUT2D eigenvalue weighted by Gasteiger charge is 2.35. The average molecular weight is 277 g/mol. The van der Waals surface area contributed by atoms with Gasteiger partial charge in [-0.05, 0) is 18.2 Å². The molecule has 106 valence electrons. The van der Waals surface area contributed by atoms with E-state index >= 15 is 0 Å². The van der Waals surface area contributed by atoms with Gasteiger partial charge in [-0.2, -0.15) is 0 Å². The molecule has 0 unspecified atom stereocenters. The van der Waals surface area contributed by atoms with Crippen LogP contribution in [0.1, 0.15) is 16.8 Å². The number of primary amides is 2. The molecule has 0 bridgehead atoms. The number of hydrogen-bond acceptors (Lipinski definition) is 4. The molecule has 0 saturated carbocycles. The zero-order valence-electron chi connectivity index (χ0n) is 11.0. The summed E-state index contributed by atoms with van der Waals surface area (Å²) in [7, 11) is 1.45. The lowest BCUT2D eigenvalue weighted by Crippen LogP contribution is -2.29. The topological polar surface area (TPSA) is 116 Å². The normalized spacial score (nSPS) is 18.1. The summed E-state index contributed by atoms with van der Waals surface area (Å²) in [6.45, 7) is 0.173. The molecule has 1 heterocycles. The highest BCUT2D eigenvalue weighted by atomic mass is 16.5. The van der Waals surface area contributed by atoms with Crippen molar-refractivity contribution in [1.82, 2.24) is 0 Å².